The topological polar surface area (TPSA) is 69.7 Å². The second-order valence-corrected chi connectivity index (χ2v) is 9.82. The molecule has 3 rings (SSSR count). The fraction of sp³-hybridized carbons (Fsp3) is 0.650. The Morgan fingerprint density at radius 3 is 2.59 bits per heavy atom. The molecule has 0 radical (unpaired) electrons. The van der Waals surface area contributed by atoms with Crippen molar-refractivity contribution in [1.29, 1.82) is 0 Å². The van der Waals surface area contributed by atoms with Crippen molar-refractivity contribution in [3.8, 4) is 0 Å². The number of sulfonamides is 1. The van der Waals surface area contributed by atoms with Gasteiger partial charge in [0.05, 0.1) is 4.90 Å². The molecule has 0 spiro atoms. The molecule has 150 valence electrons. The Hall–Kier alpha value is -1.44. The van der Waals surface area contributed by atoms with E-state index >= 15 is 0 Å². The second kappa shape index (κ2) is 8.29. The van der Waals surface area contributed by atoms with Crippen molar-refractivity contribution in [2.24, 2.45) is 0 Å². The molecule has 1 aromatic rings. The minimum absolute atomic E-state index is 0.0529. The number of benzene rings is 1. The maximum absolute atomic E-state index is 13.1. The number of nitrogens with zero attached hydrogens (tertiary/aromatic N) is 2. The molecule has 27 heavy (non-hydrogen) atoms. The van der Waals surface area contributed by atoms with Crippen molar-refractivity contribution in [3.05, 3.63) is 29.8 Å². The molecule has 1 saturated heterocycles. The van der Waals surface area contributed by atoms with Crippen LogP contribution in [-0.2, 0) is 10.0 Å². The minimum atomic E-state index is -3.60. The van der Waals surface area contributed by atoms with Crippen LogP contribution in [-0.4, -0.2) is 61.8 Å². The van der Waals surface area contributed by atoms with Gasteiger partial charge in [-0.1, -0.05) is 25.3 Å². The molecule has 6 nitrogen and oxygen atoms in total. The molecule has 2 aliphatic rings. The Morgan fingerprint density at radius 2 is 1.89 bits per heavy atom. The molecule has 2 unspecified atom stereocenters. The van der Waals surface area contributed by atoms with Gasteiger partial charge in [0.25, 0.3) is 5.91 Å². The zero-order valence-electron chi connectivity index (χ0n) is 16.5. The molecule has 1 amide bonds. The number of carbonyl (C=O) groups excluding carboxylic acids is 1. The Labute approximate surface area is 163 Å². The lowest BCUT2D eigenvalue weighted by molar-refractivity contribution is 0.0602. The van der Waals surface area contributed by atoms with Gasteiger partial charge < -0.3 is 10.2 Å². The molecule has 1 aromatic carbocycles. The van der Waals surface area contributed by atoms with Gasteiger partial charge in [-0.3, -0.25) is 4.79 Å². The highest BCUT2D eigenvalue weighted by Crippen LogP contribution is 2.27. The first-order chi connectivity index (χ1) is 12.8. The first-order valence-corrected chi connectivity index (χ1v) is 11.4. The van der Waals surface area contributed by atoms with Crippen molar-refractivity contribution in [1.82, 2.24) is 14.5 Å². The third kappa shape index (κ3) is 4.20. The van der Waals surface area contributed by atoms with Gasteiger partial charge in [0.1, 0.15) is 0 Å². The first kappa shape index (κ1) is 20.3. The quantitative estimate of drug-likeness (QED) is 0.853. The molecule has 1 aliphatic carbocycles. The van der Waals surface area contributed by atoms with E-state index in [1.807, 2.05) is 11.8 Å². The number of piperazine rings is 1. The Bertz CT molecular complexity index is 774. The fourth-order valence-electron chi connectivity index (χ4n) is 4.11. The van der Waals surface area contributed by atoms with Crippen molar-refractivity contribution >= 4 is 15.9 Å². The van der Waals surface area contributed by atoms with Crippen LogP contribution in [0.5, 0.6) is 0 Å². The molecular formula is C20H31N3O3S. The van der Waals surface area contributed by atoms with E-state index in [4.69, 9.17) is 0 Å². The maximum atomic E-state index is 13.1. The van der Waals surface area contributed by atoms with Gasteiger partial charge in [-0.2, -0.15) is 4.31 Å². The number of rotatable bonds is 4. The highest BCUT2D eigenvalue weighted by molar-refractivity contribution is 7.89. The van der Waals surface area contributed by atoms with E-state index in [-0.39, 0.29) is 28.9 Å². The van der Waals surface area contributed by atoms with Crippen molar-refractivity contribution in [2.75, 3.05) is 20.1 Å². The SMILES string of the molecule is CC1NCCN(C(=O)c2cccc(S(=O)(=O)N(C)C3CCCCC3)c2)C1C. The molecule has 1 saturated carbocycles. The molecule has 2 fully saturated rings. The van der Waals surface area contributed by atoms with Crippen LogP contribution in [0.3, 0.4) is 0 Å². The molecule has 1 aliphatic heterocycles. The average Bonchev–Trinajstić information content (AvgIpc) is 2.69. The van der Waals surface area contributed by atoms with Crippen LogP contribution < -0.4 is 5.32 Å². The second-order valence-electron chi connectivity index (χ2n) is 7.82. The van der Waals surface area contributed by atoms with E-state index in [1.165, 1.54) is 16.8 Å². The molecule has 1 heterocycles. The van der Waals surface area contributed by atoms with E-state index in [0.717, 1.165) is 32.2 Å². The number of carbonyl (C=O) groups is 1. The fourth-order valence-corrected chi connectivity index (χ4v) is 5.57. The summed E-state index contributed by atoms with van der Waals surface area (Å²) in [6.45, 7) is 5.46. The zero-order valence-corrected chi connectivity index (χ0v) is 17.3. The van der Waals surface area contributed by atoms with Gasteiger partial charge in [0.2, 0.25) is 10.0 Å². The van der Waals surface area contributed by atoms with Gasteiger partial charge in [0, 0.05) is 43.8 Å². The van der Waals surface area contributed by atoms with E-state index in [1.54, 1.807) is 25.2 Å². The summed E-state index contributed by atoms with van der Waals surface area (Å²) in [5.74, 6) is -0.104. The summed E-state index contributed by atoms with van der Waals surface area (Å²) in [6.07, 6.45) is 5.13. The van der Waals surface area contributed by atoms with Crippen LogP contribution in [0.2, 0.25) is 0 Å². The van der Waals surface area contributed by atoms with E-state index in [9.17, 15) is 13.2 Å². The van der Waals surface area contributed by atoms with Gasteiger partial charge in [-0.25, -0.2) is 8.42 Å². The lowest BCUT2D eigenvalue weighted by Crippen LogP contribution is -2.57. The highest BCUT2D eigenvalue weighted by atomic mass is 32.2. The summed E-state index contributed by atoms with van der Waals surface area (Å²) in [6, 6.07) is 6.85. The largest absolute Gasteiger partial charge is 0.333 e. The molecule has 0 aromatic heterocycles. The van der Waals surface area contributed by atoms with Crippen molar-refractivity contribution < 1.29 is 13.2 Å². The molecule has 0 bridgehead atoms. The van der Waals surface area contributed by atoms with Crippen LogP contribution in [0.25, 0.3) is 0 Å². The predicted molar refractivity (Wildman–Crippen MR) is 106 cm³/mol. The minimum Gasteiger partial charge on any atom is -0.333 e. The summed E-state index contributed by atoms with van der Waals surface area (Å²) in [4.78, 5) is 15.0. The summed E-state index contributed by atoms with van der Waals surface area (Å²) in [7, 11) is -1.93. The van der Waals surface area contributed by atoms with Crippen molar-refractivity contribution in [3.63, 3.8) is 0 Å². The smallest absolute Gasteiger partial charge is 0.254 e. The van der Waals surface area contributed by atoms with Crippen LogP contribution in [0.1, 0.15) is 56.3 Å². The monoisotopic (exact) mass is 393 g/mol. The number of hydrogen-bond donors (Lipinski definition) is 1. The van der Waals surface area contributed by atoms with Crippen LogP contribution in [0, 0.1) is 0 Å². The summed E-state index contributed by atoms with van der Waals surface area (Å²) >= 11 is 0. The lowest BCUT2D eigenvalue weighted by atomic mass is 9.96. The molecular weight excluding hydrogens is 362 g/mol. The van der Waals surface area contributed by atoms with Gasteiger partial charge in [-0.15, -0.1) is 0 Å². The van der Waals surface area contributed by atoms with Gasteiger partial charge in [-0.05, 0) is 44.9 Å². The molecule has 1 N–H and O–H groups in total. The van der Waals surface area contributed by atoms with E-state index in [2.05, 4.69) is 12.2 Å². The van der Waals surface area contributed by atoms with Gasteiger partial charge >= 0.3 is 0 Å². The number of amides is 1. The van der Waals surface area contributed by atoms with Crippen LogP contribution >= 0.6 is 0 Å². The average molecular weight is 394 g/mol. The highest BCUT2D eigenvalue weighted by Gasteiger charge is 2.31. The number of hydrogen-bond acceptors (Lipinski definition) is 4. The third-order valence-corrected chi connectivity index (χ3v) is 8.05. The summed E-state index contributed by atoms with van der Waals surface area (Å²) in [5.41, 5.74) is 0.439. The predicted octanol–water partition coefficient (Wildman–Crippen LogP) is 2.46. The Balaban J connectivity index is 1.83. The molecule has 7 heteroatoms. The van der Waals surface area contributed by atoms with Gasteiger partial charge in [0.15, 0.2) is 0 Å². The van der Waals surface area contributed by atoms with Crippen LogP contribution in [0.4, 0.5) is 0 Å². The normalized spacial score (nSPS) is 25.0. The molecule has 2 atom stereocenters. The zero-order chi connectivity index (χ0) is 19.6. The number of nitrogens with one attached hydrogen (secondary N) is 1. The van der Waals surface area contributed by atoms with E-state index < -0.39 is 10.0 Å². The summed E-state index contributed by atoms with van der Waals surface area (Å²) < 4.78 is 27.7. The lowest BCUT2D eigenvalue weighted by Gasteiger charge is -2.38. The van der Waals surface area contributed by atoms with Crippen LogP contribution in [0.15, 0.2) is 29.2 Å². The maximum Gasteiger partial charge on any atom is 0.254 e. The summed E-state index contributed by atoms with van der Waals surface area (Å²) in [5, 5.41) is 3.36. The van der Waals surface area contributed by atoms with E-state index in [0.29, 0.717) is 12.1 Å². The van der Waals surface area contributed by atoms with Crippen molar-refractivity contribution in [2.45, 2.75) is 69.0 Å². The Kier molecular flexibility index (Phi) is 6.23. The first-order valence-electron chi connectivity index (χ1n) is 9.95. The standard InChI is InChI=1S/C20H31N3O3S/c1-15-16(2)23(13-12-21-15)20(24)17-8-7-11-19(14-17)27(25,26)22(3)18-9-5-4-6-10-18/h7-8,11,14-16,18,21H,4-6,9-10,12-13H2,1-3H3. The third-order valence-electron chi connectivity index (χ3n) is 6.14. The Morgan fingerprint density at radius 1 is 1.19 bits per heavy atom.